The van der Waals surface area contributed by atoms with Gasteiger partial charge in [0.15, 0.2) is 15.7 Å². The third-order valence-electron chi connectivity index (χ3n) is 7.03. The van der Waals surface area contributed by atoms with Crippen LogP contribution in [0.3, 0.4) is 0 Å². The molecule has 5 rings (SSSR count). The molecule has 1 unspecified atom stereocenters. The highest BCUT2D eigenvalue weighted by Crippen LogP contribution is 2.39. The smallest absolute Gasteiger partial charge is 0.410 e. The maximum atomic E-state index is 12.3. The zero-order valence-electron chi connectivity index (χ0n) is 19.1. The van der Waals surface area contributed by atoms with Crippen molar-refractivity contribution < 1.29 is 22.5 Å². The van der Waals surface area contributed by atoms with Crippen LogP contribution in [0.5, 0.6) is 0 Å². The van der Waals surface area contributed by atoms with Crippen LogP contribution < -0.4 is 4.90 Å². The van der Waals surface area contributed by atoms with Crippen molar-refractivity contribution in [1.29, 1.82) is 0 Å². The monoisotopic (exact) mass is 474 g/mol. The molecule has 2 aromatic rings. The third-order valence-corrected chi connectivity index (χ3v) is 8.16. The fourth-order valence-electron chi connectivity index (χ4n) is 4.55. The first-order valence-corrected chi connectivity index (χ1v) is 13.5. The van der Waals surface area contributed by atoms with Crippen LogP contribution in [0.2, 0.25) is 0 Å². The van der Waals surface area contributed by atoms with Gasteiger partial charge in [-0.2, -0.15) is 4.98 Å². The zero-order valence-corrected chi connectivity index (χ0v) is 19.9. The van der Waals surface area contributed by atoms with Gasteiger partial charge in [-0.25, -0.2) is 13.2 Å². The average Bonchev–Trinajstić information content (AvgIpc) is 3.20. The maximum Gasteiger partial charge on any atom is 0.410 e. The molecular weight excluding hydrogens is 444 g/mol. The van der Waals surface area contributed by atoms with Gasteiger partial charge >= 0.3 is 6.09 Å². The van der Waals surface area contributed by atoms with Gasteiger partial charge < -0.3 is 19.1 Å². The molecule has 2 aliphatic heterocycles. The second-order valence-electron chi connectivity index (χ2n) is 9.77. The van der Waals surface area contributed by atoms with Crippen molar-refractivity contribution in [3.63, 3.8) is 0 Å². The molecule has 1 amide bonds. The van der Waals surface area contributed by atoms with Crippen molar-refractivity contribution in [2.75, 3.05) is 37.3 Å². The minimum atomic E-state index is -3.20. The van der Waals surface area contributed by atoms with E-state index in [-0.39, 0.29) is 23.5 Å². The molecule has 3 aliphatic rings. The molecule has 9 nitrogen and oxygen atoms in total. The summed E-state index contributed by atoms with van der Waals surface area (Å²) >= 11 is 0. The van der Waals surface area contributed by atoms with Crippen molar-refractivity contribution in [3.8, 4) is 0 Å². The summed E-state index contributed by atoms with van der Waals surface area (Å²) in [4.78, 5) is 21.3. The molecule has 3 fully saturated rings. The van der Waals surface area contributed by atoms with Gasteiger partial charge in [-0.3, -0.25) is 0 Å². The lowest BCUT2D eigenvalue weighted by Crippen LogP contribution is -2.40. The highest BCUT2D eigenvalue weighted by molar-refractivity contribution is 7.90. The second kappa shape index (κ2) is 8.30. The summed E-state index contributed by atoms with van der Waals surface area (Å²) in [5.74, 6) is 1.71. The van der Waals surface area contributed by atoms with E-state index in [4.69, 9.17) is 14.2 Å². The molecule has 1 saturated carbocycles. The molecule has 33 heavy (non-hydrogen) atoms. The largest absolute Gasteiger partial charge is 0.443 e. The van der Waals surface area contributed by atoms with E-state index in [1.54, 1.807) is 17.0 Å². The lowest BCUT2D eigenvalue weighted by atomic mass is 9.96. The number of piperidine rings is 1. The quantitative estimate of drug-likeness (QED) is 0.650. The number of amides is 1. The van der Waals surface area contributed by atoms with Crippen molar-refractivity contribution >= 4 is 21.6 Å². The highest BCUT2D eigenvalue weighted by Gasteiger charge is 2.43. The van der Waals surface area contributed by atoms with E-state index in [1.165, 1.54) is 6.26 Å². The minimum Gasteiger partial charge on any atom is -0.443 e. The topological polar surface area (TPSA) is 106 Å². The van der Waals surface area contributed by atoms with E-state index in [2.05, 4.69) is 10.1 Å². The van der Waals surface area contributed by atoms with Gasteiger partial charge in [0.2, 0.25) is 5.89 Å². The molecule has 178 valence electrons. The number of likely N-dealkylation sites (tertiary alicyclic amines) is 1. The normalized spacial score (nSPS) is 23.0. The standard InChI is InChI=1S/C23H30N4O5S/c1-23(10-11-23)31-22(28)26-12-7-16(8-13-26)20-24-21(32-25-20)17-9-14-27(15-17)18-3-5-19(6-4-18)33(2,29)30/h3-6,16-17H,7-15H2,1-2H3. The summed E-state index contributed by atoms with van der Waals surface area (Å²) in [7, 11) is -3.20. The van der Waals surface area contributed by atoms with Gasteiger partial charge in [-0.1, -0.05) is 5.16 Å². The molecular formula is C23H30N4O5S. The van der Waals surface area contributed by atoms with Crippen molar-refractivity contribution in [1.82, 2.24) is 15.0 Å². The number of carbonyl (C=O) groups is 1. The molecule has 1 aromatic heterocycles. The van der Waals surface area contributed by atoms with Crippen molar-refractivity contribution in [2.24, 2.45) is 0 Å². The Hall–Kier alpha value is -2.62. The van der Waals surface area contributed by atoms with E-state index >= 15 is 0 Å². The van der Waals surface area contributed by atoms with Gasteiger partial charge in [0.1, 0.15) is 5.60 Å². The zero-order chi connectivity index (χ0) is 23.2. The number of rotatable bonds is 5. The number of benzene rings is 1. The van der Waals surface area contributed by atoms with Crippen LogP contribution in [0.1, 0.15) is 62.6 Å². The van der Waals surface area contributed by atoms with Gasteiger partial charge in [-0.05, 0) is 63.3 Å². The number of hydrogen-bond donors (Lipinski definition) is 0. The Morgan fingerprint density at radius 1 is 1.09 bits per heavy atom. The molecule has 0 bridgehead atoms. The molecule has 0 N–H and O–H groups in total. The molecule has 1 aromatic carbocycles. The first kappa shape index (κ1) is 22.2. The number of hydrogen-bond acceptors (Lipinski definition) is 8. The summed E-state index contributed by atoms with van der Waals surface area (Å²) in [5.41, 5.74) is 0.741. The Morgan fingerprint density at radius 3 is 2.39 bits per heavy atom. The molecule has 2 saturated heterocycles. The van der Waals surface area contributed by atoms with Crippen molar-refractivity contribution in [2.45, 2.75) is 61.4 Å². The van der Waals surface area contributed by atoms with Gasteiger partial charge in [0.05, 0.1) is 10.8 Å². The summed E-state index contributed by atoms with van der Waals surface area (Å²) < 4.78 is 34.6. The van der Waals surface area contributed by atoms with Crippen molar-refractivity contribution in [3.05, 3.63) is 36.0 Å². The Kier molecular flexibility index (Phi) is 5.58. The molecule has 10 heteroatoms. The number of nitrogens with zero attached hydrogens (tertiary/aromatic N) is 4. The lowest BCUT2D eigenvalue weighted by Gasteiger charge is -2.30. The number of anilines is 1. The molecule has 0 radical (unpaired) electrons. The van der Waals surface area contributed by atoms with Crippen LogP contribution >= 0.6 is 0 Å². The second-order valence-corrected chi connectivity index (χ2v) is 11.8. The van der Waals surface area contributed by atoms with Crippen LogP contribution in [-0.2, 0) is 14.6 Å². The molecule has 1 atom stereocenters. The Balaban J connectivity index is 1.16. The maximum absolute atomic E-state index is 12.3. The molecule has 0 spiro atoms. The van der Waals surface area contributed by atoms with E-state index in [0.29, 0.717) is 23.9 Å². The number of aromatic nitrogens is 2. The molecule has 1 aliphatic carbocycles. The third kappa shape index (κ3) is 4.85. The van der Waals surface area contributed by atoms with Gasteiger partial charge in [-0.15, -0.1) is 0 Å². The number of carbonyl (C=O) groups excluding carboxylic acids is 1. The summed E-state index contributed by atoms with van der Waals surface area (Å²) in [5, 5.41) is 4.25. The van der Waals surface area contributed by atoms with Crippen LogP contribution in [0.25, 0.3) is 0 Å². The summed E-state index contributed by atoms with van der Waals surface area (Å²) in [6.07, 6.45) is 5.40. The lowest BCUT2D eigenvalue weighted by molar-refractivity contribution is 0.0518. The van der Waals surface area contributed by atoms with Gasteiger partial charge in [0, 0.05) is 44.0 Å². The van der Waals surface area contributed by atoms with E-state index in [1.807, 2.05) is 19.1 Å². The van der Waals surface area contributed by atoms with Crippen LogP contribution in [0.4, 0.5) is 10.5 Å². The predicted octanol–water partition coefficient (Wildman–Crippen LogP) is 3.34. The van der Waals surface area contributed by atoms with Crippen LogP contribution in [-0.4, -0.2) is 67.6 Å². The minimum absolute atomic E-state index is 0.148. The SMILES string of the molecule is CC1(OC(=O)N2CCC(c3noc(C4CCN(c5ccc(S(C)(=O)=O)cc5)C4)n3)CC2)CC1. The average molecular weight is 475 g/mol. The summed E-state index contributed by atoms with van der Waals surface area (Å²) in [6, 6.07) is 6.99. The van der Waals surface area contributed by atoms with Crippen LogP contribution in [0, 0.1) is 0 Å². The Bertz CT molecular complexity index is 1120. The number of ether oxygens (including phenoxy) is 1. The predicted molar refractivity (Wildman–Crippen MR) is 121 cm³/mol. The fourth-order valence-corrected chi connectivity index (χ4v) is 5.18. The number of sulfone groups is 1. The Morgan fingerprint density at radius 2 is 1.76 bits per heavy atom. The van der Waals surface area contributed by atoms with Crippen LogP contribution in [0.15, 0.2) is 33.7 Å². The highest BCUT2D eigenvalue weighted by atomic mass is 32.2. The van der Waals surface area contributed by atoms with E-state index in [0.717, 1.165) is 56.7 Å². The molecule has 3 heterocycles. The van der Waals surface area contributed by atoms with E-state index in [9.17, 15) is 13.2 Å². The first-order valence-electron chi connectivity index (χ1n) is 11.6. The fraction of sp³-hybridized carbons (Fsp3) is 0.609. The van der Waals surface area contributed by atoms with Gasteiger partial charge in [0.25, 0.3) is 0 Å². The Labute approximate surface area is 194 Å². The first-order chi connectivity index (χ1) is 15.7. The van der Waals surface area contributed by atoms with E-state index < -0.39 is 9.84 Å². The summed E-state index contributed by atoms with van der Waals surface area (Å²) in [6.45, 7) is 4.87.